The van der Waals surface area contributed by atoms with Crippen molar-refractivity contribution in [2.75, 3.05) is 7.05 Å². The zero-order chi connectivity index (χ0) is 10.7. The van der Waals surface area contributed by atoms with Crippen LogP contribution in [0.5, 0.6) is 0 Å². The molecule has 0 aliphatic carbocycles. The molecule has 1 rings (SSSR count). The van der Waals surface area contributed by atoms with Crippen molar-refractivity contribution in [2.24, 2.45) is 0 Å². The van der Waals surface area contributed by atoms with Gasteiger partial charge in [0, 0.05) is 0 Å². The zero-order valence-electron chi connectivity index (χ0n) is 7.88. The van der Waals surface area contributed by atoms with Gasteiger partial charge in [-0.1, -0.05) is 0 Å². The first-order valence-corrected chi connectivity index (χ1v) is 4.01. The molecule has 0 radical (unpaired) electrons. The Morgan fingerprint density at radius 2 is 2.29 bits per heavy atom. The molecular formula is C7H10N4O3. The molecule has 1 heterocycles. The van der Waals surface area contributed by atoms with Crippen LogP contribution in [0.1, 0.15) is 12.7 Å². The van der Waals surface area contributed by atoms with Crippen LogP contribution in [0.15, 0.2) is 6.20 Å². The van der Waals surface area contributed by atoms with Crippen LogP contribution >= 0.6 is 0 Å². The Kier molecular flexibility index (Phi) is 2.80. The van der Waals surface area contributed by atoms with Crippen LogP contribution in [-0.4, -0.2) is 32.5 Å². The number of nitro groups is 1. The Morgan fingerprint density at radius 1 is 1.64 bits per heavy atom. The van der Waals surface area contributed by atoms with E-state index in [4.69, 9.17) is 0 Å². The first-order valence-electron chi connectivity index (χ1n) is 4.01. The molecule has 0 amide bonds. The second-order valence-corrected chi connectivity index (χ2v) is 2.65. The Hall–Kier alpha value is -1.92. The largest absolute Gasteiger partial charge is 0.624 e. The Morgan fingerprint density at radius 3 is 2.71 bits per heavy atom. The molecule has 0 aromatic carbocycles. The van der Waals surface area contributed by atoms with E-state index in [0.717, 1.165) is 6.20 Å². The van der Waals surface area contributed by atoms with E-state index in [0.29, 0.717) is 11.3 Å². The van der Waals surface area contributed by atoms with Gasteiger partial charge in [0.25, 0.3) is 5.82 Å². The van der Waals surface area contributed by atoms with E-state index in [9.17, 15) is 15.3 Å². The maximum atomic E-state index is 10.7. The first-order chi connectivity index (χ1) is 6.56. The lowest BCUT2D eigenvalue weighted by molar-refractivity contribution is -0.417. The van der Waals surface area contributed by atoms with Gasteiger partial charge >= 0.3 is 5.82 Å². The quantitative estimate of drug-likeness (QED) is 0.231. The topological polar surface area (TPSA) is 87.0 Å². The molecular weight excluding hydrogens is 188 g/mol. The summed E-state index contributed by atoms with van der Waals surface area (Å²) in [6.07, 6.45) is 2.33. The summed E-state index contributed by atoms with van der Waals surface area (Å²) in [5.74, 6) is 0.178. The van der Waals surface area contributed by atoms with Crippen molar-refractivity contribution in [1.29, 1.82) is 0 Å². The standard InChI is InChI=1S/C7H10N4O3/c1-3-10-6(5-9(2)12)8-4-7(10)11(13)14/h4-5H,3H2,1-2H3. The highest BCUT2D eigenvalue weighted by atomic mass is 16.6. The van der Waals surface area contributed by atoms with E-state index >= 15 is 0 Å². The number of hydroxylamine groups is 1. The predicted octanol–water partition coefficient (Wildman–Crippen LogP) is 0.370. The number of aromatic nitrogens is 2. The molecule has 0 atom stereocenters. The predicted molar refractivity (Wildman–Crippen MR) is 49.3 cm³/mol. The van der Waals surface area contributed by atoms with Crippen LogP contribution in [0.2, 0.25) is 0 Å². The van der Waals surface area contributed by atoms with E-state index in [1.165, 1.54) is 17.8 Å². The minimum Gasteiger partial charge on any atom is -0.624 e. The molecule has 0 aliphatic rings. The number of imidazole rings is 1. The van der Waals surface area contributed by atoms with Gasteiger partial charge in [-0.3, -0.25) is 0 Å². The number of hydrogen-bond acceptors (Lipinski definition) is 4. The van der Waals surface area contributed by atoms with Gasteiger partial charge in [0.2, 0.25) is 6.21 Å². The Bertz CT molecular complexity index is 378. The Balaban J connectivity index is 3.20. The lowest BCUT2D eigenvalue weighted by atomic mass is 10.6. The van der Waals surface area contributed by atoms with Crippen LogP contribution in [0, 0.1) is 15.3 Å². The maximum Gasteiger partial charge on any atom is 0.343 e. The third kappa shape index (κ3) is 1.87. The van der Waals surface area contributed by atoms with Gasteiger partial charge in [-0.2, -0.15) is 0 Å². The summed E-state index contributed by atoms with van der Waals surface area (Å²) in [5, 5.41) is 21.2. The molecule has 1 aromatic heterocycles. The van der Waals surface area contributed by atoms with Gasteiger partial charge < -0.3 is 15.3 Å². The van der Waals surface area contributed by atoms with Crippen LogP contribution < -0.4 is 0 Å². The van der Waals surface area contributed by atoms with Crippen molar-refractivity contribution in [3.8, 4) is 0 Å². The molecule has 0 saturated carbocycles. The van der Waals surface area contributed by atoms with Crippen LogP contribution in [0.4, 0.5) is 5.82 Å². The van der Waals surface area contributed by atoms with Crippen molar-refractivity contribution in [1.82, 2.24) is 9.55 Å². The highest BCUT2D eigenvalue weighted by Crippen LogP contribution is 2.12. The summed E-state index contributed by atoms with van der Waals surface area (Å²) in [5.41, 5.74) is 0. The van der Waals surface area contributed by atoms with Gasteiger partial charge in [-0.15, -0.1) is 0 Å². The molecule has 76 valence electrons. The van der Waals surface area contributed by atoms with E-state index in [1.807, 2.05) is 0 Å². The third-order valence-electron chi connectivity index (χ3n) is 1.67. The molecule has 0 aliphatic heterocycles. The first kappa shape index (κ1) is 10.2. The normalized spacial score (nSPS) is 11.7. The highest BCUT2D eigenvalue weighted by Gasteiger charge is 2.18. The van der Waals surface area contributed by atoms with Gasteiger partial charge in [0.15, 0.2) is 0 Å². The fraction of sp³-hybridized carbons (Fsp3) is 0.429. The van der Waals surface area contributed by atoms with Gasteiger partial charge in [0.1, 0.15) is 13.2 Å². The molecule has 0 bridgehead atoms. The summed E-state index contributed by atoms with van der Waals surface area (Å²) in [6, 6.07) is 0. The average Bonchev–Trinajstić information content (AvgIpc) is 2.46. The summed E-state index contributed by atoms with van der Waals surface area (Å²) in [4.78, 5) is 13.8. The lowest BCUT2D eigenvalue weighted by Gasteiger charge is -1.98. The average molecular weight is 198 g/mol. The molecule has 1 aromatic rings. The second-order valence-electron chi connectivity index (χ2n) is 2.65. The molecule has 0 unspecified atom stereocenters. The minimum atomic E-state index is -0.529. The third-order valence-corrected chi connectivity index (χ3v) is 1.67. The van der Waals surface area contributed by atoms with E-state index < -0.39 is 4.92 Å². The van der Waals surface area contributed by atoms with Gasteiger partial charge in [0.05, 0.1) is 6.54 Å². The summed E-state index contributed by atoms with van der Waals surface area (Å²) < 4.78 is 1.91. The van der Waals surface area contributed by atoms with Crippen LogP contribution in [0.3, 0.4) is 0 Å². The highest BCUT2D eigenvalue weighted by molar-refractivity contribution is 5.71. The number of hydrogen-bond donors (Lipinski definition) is 0. The van der Waals surface area contributed by atoms with Crippen molar-refractivity contribution in [3.05, 3.63) is 27.3 Å². The monoisotopic (exact) mass is 198 g/mol. The van der Waals surface area contributed by atoms with Gasteiger partial charge in [-0.05, 0) is 11.8 Å². The van der Waals surface area contributed by atoms with Crippen LogP contribution in [0.25, 0.3) is 0 Å². The smallest absolute Gasteiger partial charge is 0.343 e. The molecule has 0 fully saturated rings. The maximum absolute atomic E-state index is 10.7. The fourth-order valence-corrected chi connectivity index (χ4v) is 1.12. The van der Waals surface area contributed by atoms with E-state index in [1.54, 1.807) is 6.92 Å². The lowest BCUT2D eigenvalue weighted by Crippen LogP contribution is -2.08. The molecule has 14 heavy (non-hydrogen) atoms. The van der Waals surface area contributed by atoms with E-state index in [-0.39, 0.29) is 11.6 Å². The number of rotatable bonds is 3. The van der Waals surface area contributed by atoms with Gasteiger partial charge in [-0.25, -0.2) is 14.3 Å². The minimum absolute atomic E-state index is 0.111. The summed E-state index contributed by atoms with van der Waals surface area (Å²) in [7, 11) is 1.29. The SMILES string of the molecule is CCn1c([N+](=O)[O-])cnc1C=[N+](C)[O-]. The van der Waals surface area contributed by atoms with Crippen molar-refractivity contribution in [3.63, 3.8) is 0 Å². The van der Waals surface area contributed by atoms with E-state index in [2.05, 4.69) is 4.98 Å². The molecule has 7 nitrogen and oxygen atoms in total. The molecule has 0 spiro atoms. The van der Waals surface area contributed by atoms with Crippen LogP contribution in [-0.2, 0) is 6.54 Å². The molecule has 7 heteroatoms. The number of nitrogens with zero attached hydrogens (tertiary/aromatic N) is 4. The second kappa shape index (κ2) is 3.86. The van der Waals surface area contributed by atoms with Crippen molar-refractivity contribution < 1.29 is 9.66 Å². The van der Waals surface area contributed by atoms with Crippen molar-refractivity contribution in [2.45, 2.75) is 13.5 Å². The van der Waals surface area contributed by atoms with Crippen molar-refractivity contribution >= 4 is 12.0 Å². The molecule has 0 saturated heterocycles. The fourth-order valence-electron chi connectivity index (χ4n) is 1.12. The Labute approximate surface area is 80.0 Å². The zero-order valence-corrected chi connectivity index (χ0v) is 7.88. The summed E-state index contributed by atoms with van der Waals surface area (Å²) >= 11 is 0. The molecule has 0 N–H and O–H groups in total. The summed E-state index contributed by atoms with van der Waals surface area (Å²) in [6.45, 7) is 2.15.